The molecule has 0 bridgehead atoms. The van der Waals surface area contributed by atoms with Crippen LogP contribution >= 0.6 is 0 Å². The molecule has 0 aromatic heterocycles. The van der Waals surface area contributed by atoms with Crippen molar-refractivity contribution >= 4 is 5.84 Å². The van der Waals surface area contributed by atoms with Gasteiger partial charge in [0.15, 0.2) is 0 Å². The molecular weight excluding hydrogens is 536 g/mol. The molecule has 0 aromatic carbocycles. The minimum Gasteiger partial charge on any atom is -0.395 e. The maximum absolute atomic E-state index is 9.22. The summed E-state index contributed by atoms with van der Waals surface area (Å²) in [5.41, 5.74) is 1.60. The van der Waals surface area contributed by atoms with Gasteiger partial charge in [0.2, 0.25) is 0 Å². The van der Waals surface area contributed by atoms with E-state index in [1.165, 1.54) is 192 Å². The third-order valence-corrected chi connectivity index (χ3v) is 9.54. The summed E-state index contributed by atoms with van der Waals surface area (Å²) >= 11 is 0. The Morgan fingerprint density at radius 3 is 1.64 bits per heavy atom. The number of allylic oxidation sites excluding steroid dienone is 4. The average Bonchev–Trinajstić information content (AvgIpc) is 3.48. The molecule has 44 heavy (non-hydrogen) atoms. The van der Waals surface area contributed by atoms with Crippen molar-refractivity contribution in [1.82, 2.24) is 4.90 Å². The molecule has 0 radical (unpaired) electrons. The van der Waals surface area contributed by atoms with Crippen molar-refractivity contribution in [2.75, 3.05) is 26.2 Å². The van der Waals surface area contributed by atoms with Gasteiger partial charge in [-0.05, 0) is 44.9 Å². The molecule has 0 saturated heterocycles. The first kappa shape index (κ1) is 40.9. The fourth-order valence-electron chi connectivity index (χ4n) is 6.60. The van der Waals surface area contributed by atoms with E-state index in [4.69, 9.17) is 0 Å². The molecule has 3 heteroatoms. The fourth-order valence-corrected chi connectivity index (χ4v) is 6.60. The van der Waals surface area contributed by atoms with Crippen LogP contribution in [0.25, 0.3) is 0 Å². The van der Waals surface area contributed by atoms with E-state index < -0.39 is 0 Å². The highest BCUT2D eigenvalue weighted by Gasteiger charge is 2.15. The Bertz CT molecular complexity index is 682. The molecule has 1 N–H and O–H groups in total. The van der Waals surface area contributed by atoms with E-state index in [1.54, 1.807) is 5.57 Å². The molecule has 0 aromatic rings. The van der Waals surface area contributed by atoms with Crippen LogP contribution in [0.4, 0.5) is 0 Å². The number of rotatable bonds is 34. The normalized spacial score (nSPS) is 13.9. The van der Waals surface area contributed by atoms with E-state index >= 15 is 0 Å². The van der Waals surface area contributed by atoms with Crippen LogP contribution in [0.1, 0.15) is 206 Å². The number of hydrogen-bond donors (Lipinski definition) is 1. The third-order valence-electron chi connectivity index (χ3n) is 9.54. The third kappa shape index (κ3) is 26.2. The molecule has 1 aliphatic heterocycles. The van der Waals surface area contributed by atoms with Gasteiger partial charge in [-0.1, -0.05) is 179 Å². The molecule has 1 rings (SSSR count). The second-order valence-corrected chi connectivity index (χ2v) is 13.8. The number of aliphatic hydroxyl groups is 1. The van der Waals surface area contributed by atoms with Crippen molar-refractivity contribution in [1.29, 1.82) is 0 Å². The van der Waals surface area contributed by atoms with Crippen molar-refractivity contribution in [3.05, 3.63) is 23.8 Å². The molecule has 0 spiro atoms. The van der Waals surface area contributed by atoms with Crippen molar-refractivity contribution in [3.8, 4) is 0 Å². The lowest BCUT2D eigenvalue weighted by atomic mass is 10.0. The Labute approximate surface area is 276 Å². The van der Waals surface area contributed by atoms with Gasteiger partial charge >= 0.3 is 0 Å². The van der Waals surface area contributed by atoms with Gasteiger partial charge in [-0.2, -0.15) is 0 Å². The first-order chi connectivity index (χ1) is 21.8. The van der Waals surface area contributed by atoms with E-state index in [0.717, 1.165) is 26.1 Å². The number of β-amino-alcohol motifs (C(OH)–C–C–N with tert-alkyl or cyclic N) is 1. The molecule has 0 unspecified atom stereocenters. The monoisotopic (exact) mass is 615 g/mol. The minimum absolute atomic E-state index is 0.239. The van der Waals surface area contributed by atoms with Crippen LogP contribution in [0.2, 0.25) is 0 Å². The van der Waals surface area contributed by atoms with Crippen LogP contribution in [0.3, 0.4) is 0 Å². The summed E-state index contributed by atoms with van der Waals surface area (Å²) in [4.78, 5) is 6.91. The Morgan fingerprint density at radius 2 is 1.09 bits per heavy atom. The van der Waals surface area contributed by atoms with Crippen LogP contribution in [-0.2, 0) is 0 Å². The van der Waals surface area contributed by atoms with Crippen molar-refractivity contribution < 1.29 is 5.11 Å². The predicted octanol–water partition coefficient (Wildman–Crippen LogP) is 12.9. The van der Waals surface area contributed by atoms with E-state index in [0.29, 0.717) is 0 Å². The Balaban J connectivity index is 2.13. The number of nitrogens with zero attached hydrogens (tertiary/aromatic N) is 2. The van der Waals surface area contributed by atoms with E-state index in [-0.39, 0.29) is 6.61 Å². The summed E-state index contributed by atoms with van der Waals surface area (Å²) in [6.45, 7) is 7.51. The maximum atomic E-state index is 9.22. The Hall–Kier alpha value is -1.09. The lowest BCUT2D eigenvalue weighted by Crippen LogP contribution is -2.30. The van der Waals surface area contributed by atoms with Gasteiger partial charge in [0.05, 0.1) is 19.0 Å². The van der Waals surface area contributed by atoms with Crippen molar-refractivity contribution in [3.63, 3.8) is 0 Å². The standard InChI is InChI=1S/C41H78N2O/c1-3-5-7-9-11-12-13-14-15-16-17-18-19-21-25-29-33-40(32-28-24-20-10-8-6-4-2)34-30-26-22-23-27-31-35-41-42-36-37-43(41)38-39-44/h29,32-33,44H,3-28,30-31,34-39H2,1-2H3/b33-29?,40-32-. The van der Waals surface area contributed by atoms with Crippen LogP contribution < -0.4 is 0 Å². The number of aliphatic hydroxyl groups excluding tert-OH is 1. The summed E-state index contributed by atoms with van der Waals surface area (Å²) < 4.78 is 0. The second kappa shape index (κ2) is 33.3. The summed E-state index contributed by atoms with van der Waals surface area (Å²) in [5.74, 6) is 1.24. The van der Waals surface area contributed by atoms with Crippen LogP contribution in [0, 0.1) is 0 Å². The summed E-state index contributed by atoms with van der Waals surface area (Å²) in [6.07, 6.45) is 48.8. The van der Waals surface area contributed by atoms with E-state index in [2.05, 4.69) is 42.0 Å². The smallest absolute Gasteiger partial charge is 0.0991 e. The van der Waals surface area contributed by atoms with Gasteiger partial charge in [-0.25, -0.2) is 0 Å². The molecule has 1 heterocycles. The lowest BCUT2D eigenvalue weighted by Gasteiger charge is -2.18. The molecule has 0 aliphatic carbocycles. The SMILES string of the molecule is CCCCCCCC/C=C(/C=CCCCCCCCCCCCCCCCC)CCCCCCCCC1=NCCN1CCO. The molecule has 0 fully saturated rings. The Morgan fingerprint density at radius 1 is 0.614 bits per heavy atom. The quantitative estimate of drug-likeness (QED) is 0.0578. The molecule has 258 valence electrons. The largest absolute Gasteiger partial charge is 0.395 e. The van der Waals surface area contributed by atoms with Gasteiger partial charge in [-0.15, -0.1) is 0 Å². The lowest BCUT2D eigenvalue weighted by molar-refractivity contribution is 0.255. The number of amidine groups is 1. The van der Waals surface area contributed by atoms with Crippen LogP contribution in [0.15, 0.2) is 28.8 Å². The average molecular weight is 615 g/mol. The predicted molar refractivity (Wildman–Crippen MR) is 198 cm³/mol. The highest BCUT2D eigenvalue weighted by Crippen LogP contribution is 2.18. The summed E-state index contributed by atoms with van der Waals surface area (Å²) in [5, 5.41) is 9.22. The molecule has 3 nitrogen and oxygen atoms in total. The van der Waals surface area contributed by atoms with Crippen molar-refractivity contribution in [2.24, 2.45) is 4.99 Å². The van der Waals surface area contributed by atoms with Gasteiger partial charge in [0.25, 0.3) is 0 Å². The van der Waals surface area contributed by atoms with E-state index in [9.17, 15) is 5.11 Å². The van der Waals surface area contributed by atoms with E-state index in [1.807, 2.05) is 0 Å². The zero-order chi connectivity index (χ0) is 31.6. The Kier molecular flexibility index (Phi) is 31.0. The van der Waals surface area contributed by atoms with Crippen LogP contribution in [-0.4, -0.2) is 42.1 Å². The zero-order valence-electron chi connectivity index (χ0n) is 30.1. The molecule has 0 saturated carbocycles. The molecule has 0 atom stereocenters. The molecule has 0 amide bonds. The number of unbranched alkanes of at least 4 members (excludes halogenated alkanes) is 25. The van der Waals surface area contributed by atoms with Crippen LogP contribution in [0.5, 0.6) is 0 Å². The van der Waals surface area contributed by atoms with Crippen molar-refractivity contribution in [2.45, 2.75) is 206 Å². The fraction of sp³-hybridized carbons (Fsp3) is 0.878. The zero-order valence-corrected chi connectivity index (χ0v) is 30.1. The first-order valence-corrected chi connectivity index (χ1v) is 20.1. The topological polar surface area (TPSA) is 35.8 Å². The first-order valence-electron chi connectivity index (χ1n) is 20.1. The summed E-state index contributed by atoms with van der Waals surface area (Å²) in [6, 6.07) is 0. The van der Waals surface area contributed by atoms with Gasteiger partial charge in [-0.3, -0.25) is 4.99 Å². The maximum Gasteiger partial charge on any atom is 0.0991 e. The number of aliphatic imine (C=N–C) groups is 1. The molecule has 1 aliphatic rings. The highest BCUT2D eigenvalue weighted by molar-refractivity contribution is 5.83. The van der Waals surface area contributed by atoms with Gasteiger partial charge in [0.1, 0.15) is 0 Å². The highest BCUT2D eigenvalue weighted by atomic mass is 16.3. The van der Waals surface area contributed by atoms with Gasteiger partial charge in [0, 0.05) is 19.5 Å². The number of hydrogen-bond acceptors (Lipinski definition) is 3. The summed E-state index contributed by atoms with van der Waals surface area (Å²) in [7, 11) is 0. The van der Waals surface area contributed by atoms with Gasteiger partial charge < -0.3 is 10.0 Å². The molecular formula is C41H78N2O. The minimum atomic E-state index is 0.239. The second-order valence-electron chi connectivity index (χ2n) is 13.8.